The van der Waals surface area contributed by atoms with Crippen LogP contribution in [0.15, 0.2) is 36.9 Å². The van der Waals surface area contributed by atoms with Gasteiger partial charge in [0.15, 0.2) is 23.0 Å². The van der Waals surface area contributed by atoms with E-state index in [4.69, 9.17) is 23.7 Å². The lowest BCUT2D eigenvalue weighted by molar-refractivity contribution is 0.0431. The number of ether oxygens (including phenoxy) is 5. The molecule has 2 atom stereocenters. The first-order chi connectivity index (χ1) is 13.9. The summed E-state index contributed by atoms with van der Waals surface area (Å²) >= 11 is 0. The highest BCUT2D eigenvalue weighted by molar-refractivity contribution is 5.55. The Morgan fingerprint density at radius 2 is 1.38 bits per heavy atom. The summed E-state index contributed by atoms with van der Waals surface area (Å²) in [5.74, 6) is 1.60. The fraction of sp³-hybridized carbons (Fsp3) is 0.364. The number of hydrogen-bond acceptors (Lipinski definition) is 7. The molecule has 2 aromatic carbocycles. The van der Waals surface area contributed by atoms with Gasteiger partial charge in [0.05, 0.1) is 28.4 Å². The van der Waals surface area contributed by atoms with E-state index in [-0.39, 0.29) is 17.2 Å². The summed E-state index contributed by atoms with van der Waals surface area (Å²) in [6.45, 7) is 5.46. The first-order valence-corrected chi connectivity index (χ1v) is 9.05. The molecular weight excluding hydrogens is 376 g/mol. The van der Waals surface area contributed by atoms with Gasteiger partial charge >= 0.3 is 0 Å². The average molecular weight is 404 g/mol. The first kappa shape index (κ1) is 22.2. The van der Waals surface area contributed by atoms with Gasteiger partial charge in [-0.25, -0.2) is 0 Å². The topological polar surface area (TPSA) is 86.6 Å². The molecule has 0 aromatic heterocycles. The van der Waals surface area contributed by atoms with Crippen LogP contribution in [0.2, 0.25) is 0 Å². The van der Waals surface area contributed by atoms with E-state index in [1.807, 2.05) is 12.1 Å². The van der Waals surface area contributed by atoms with Crippen molar-refractivity contribution >= 4 is 0 Å². The number of allylic oxidation sites excluding steroid dienone is 1. The van der Waals surface area contributed by atoms with Crippen LogP contribution in [-0.2, 0) is 6.42 Å². The van der Waals surface area contributed by atoms with Crippen molar-refractivity contribution in [1.82, 2.24) is 0 Å². The van der Waals surface area contributed by atoms with Gasteiger partial charge in [0.2, 0.25) is 11.5 Å². The van der Waals surface area contributed by atoms with Crippen molar-refractivity contribution in [2.75, 3.05) is 28.4 Å². The maximum absolute atomic E-state index is 10.8. The molecule has 2 N–H and O–H groups in total. The number of phenols is 1. The number of aliphatic hydroxyl groups is 1. The second-order valence-electron chi connectivity index (χ2n) is 6.36. The molecule has 29 heavy (non-hydrogen) atoms. The molecule has 0 amide bonds. The summed E-state index contributed by atoms with van der Waals surface area (Å²) in [5.41, 5.74) is 1.42. The van der Waals surface area contributed by atoms with Crippen LogP contribution in [0.5, 0.6) is 34.5 Å². The summed E-state index contributed by atoms with van der Waals surface area (Å²) in [6, 6.07) is 6.74. The van der Waals surface area contributed by atoms with Gasteiger partial charge in [-0.2, -0.15) is 0 Å². The molecule has 0 aliphatic carbocycles. The Hall–Kier alpha value is -3.06. The van der Waals surface area contributed by atoms with Crippen LogP contribution >= 0.6 is 0 Å². The average Bonchev–Trinajstić information content (AvgIpc) is 2.74. The van der Waals surface area contributed by atoms with Crippen molar-refractivity contribution in [2.45, 2.75) is 25.6 Å². The lowest BCUT2D eigenvalue weighted by atomic mass is 10.0. The molecule has 158 valence electrons. The van der Waals surface area contributed by atoms with Gasteiger partial charge in [0.25, 0.3) is 0 Å². The molecule has 0 radical (unpaired) electrons. The van der Waals surface area contributed by atoms with Crippen molar-refractivity contribution in [2.24, 2.45) is 0 Å². The second kappa shape index (κ2) is 9.93. The molecule has 7 heteroatoms. The van der Waals surface area contributed by atoms with Crippen LogP contribution in [0.4, 0.5) is 0 Å². The summed E-state index contributed by atoms with van der Waals surface area (Å²) in [5, 5.41) is 20.9. The molecule has 0 aliphatic heterocycles. The molecular formula is C22H28O7. The minimum Gasteiger partial charge on any atom is -0.502 e. The molecule has 2 rings (SSSR count). The number of hydrogen-bond donors (Lipinski definition) is 2. The number of rotatable bonds is 10. The SMILES string of the molecule is C=CCc1cc(OC)c(O[C@@H](C)[C@@H](O)c2cc(OC)c(O)c(OC)c2)c(OC)c1. The van der Waals surface area contributed by atoms with E-state index in [9.17, 15) is 10.2 Å². The zero-order chi connectivity index (χ0) is 21.6. The van der Waals surface area contributed by atoms with Gasteiger partial charge in [-0.05, 0) is 48.7 Å². The van der Waals surface area contributed by atoms with E-state index < -0.39 is 12.2 Å². The highest BCUT2D eigenvalue weighted by Gasteiger charge is 2.25. The highest BCUT2D eigenvalue weighted by Crippen LogP contribution is 2.42. The number of phenolic OH excluding ortho intramolecular Hbond substituents is 1. The summed E-state index contributed by atoms with van der Waals surface area (Å²) in [6.07, 6.45) is 0.716. The van der Waals surface area contributed by atoms with Crippen LogP contribution in [0, 0.1) is 0 Å². The van der Waals surface area contributed by atoms with Gasteiger partial charge in [-0.3, -0.25) is 0 Å². The number of aliphatic hydroxyl groups excluding tert-OH is 1. The fourth-order valence-corrected chi connectivity index (χ4v) is 2.94. The van der Waals surface area contributed by atoms with E-state index in [0.717, 1.165) is 5.56 Å². The third-order valence-electron chi connectivity index (χ3n) is 4.49. The van der Waals surface area contributed by atoms with Gasteiger partial charge in [-0.1, -0.05) is 6.08 Å². The van der Waals surface area contributed by atoms with Crippen LogP contribution in [0.1, 0.15) is 24.2 Å². The van der Waals surface area contributed by atoms with Crippen molar-refractivity contribution in [1.29, 1.82) is 0 Å². The lowest BCUT2D eigenvalue weighted by Gasteiger charge is -2.24. The third kappa shape index (κ3) is 4.86. The second-order valence-corrected chi connectivity index (χ2v) is 6.36. The lowest BCUT2D eigenvalue weighted by Crippen LogP contribution is -2.22. The molecule has 0 aliphatic rings. The zero-order valence-electron chi connectivity index (χ0n) is 17.4. The molecule has 0 spiro atoms. The first-order valence-electron chi connectivity index (χ1n) is 9.05. The largest absolute Gasteiger partial charge is 0.502 e. The molecule has 0 heterocycles. The molecule has 0 fully saturated rings. The zero-order valence-corrected chi connectivity index (χ0v) is 17.4. The highest BCUT2D eigenvalue weighted by atomic mass is 16.5. The van der Waals surface area contributed by atoms with Crippen LogP contribution in [-0.4, -0.2) is 44.8 Å². The molecule has 7 nitrogen and oxygen atoms in total. The van der Waals surface area contributed by atoms with E-state index in [1.165, 1.54) is 40.6 Å². The van der Waals surface area contributed by atoms with Crippen molar-refractivity contribution < 1.29 is 33.9 Å². The fourth-order valence-electron chi connectivity index (χ4n) is 2.94. The molecule has 0 unspecified atom stereocenters. The van der Waals surface area contributed by atoms with Crippen LogP contribution < -0.4 is 23.7 Å². The predicted octanol–water partition coefficient (Wildman–Crippen LogP) is 3.66. The molecule has 0 bridgehead atoms. The normalized spacial score (nSPS) is 12.6. The molecule has 0 saturated carbocycles. The minimum absolute atomic E-state index is 0.138. The van der Waals surface area contributed by atoms with Crippen molar-refractivity contribution in [3.63, 3.8) is 0 Å². The summed E-state index contributed by atoms with van der Waals surface area (Å²) in [7, 11) is 5.92. The molecule has 2 aromatic rings. The number of aromatic hydroxyl groups is 1. The van der Waals surface area contributed by atoms with Crippen LogP contribution in [0.25, 0.3) is 0 Å². The smallest absolute Gasteiger partial charge is 0.203 e. The minimum atomic E-state index is -1.04. The predicted molar refractivity (Wildman–Crippen MR) is 110 cm³/mol. The summed E-state index contributed by atoms with van der Waals surface area (Å²) in [4.78, 5) is 0. The Labute approximate surface area is 171 Å². The third-order valence-corrected chi connectivity index (χ3v) is 4.49. The Morgan fingerprint density at radius 3 is 1.79 bits per heavy atom. The van der Waals surface area contributed by atoms with Gasteiger partial charge in [-0.15, -0.1) is 6.58 Å². The van der Waals surface area contributed by atoms with Crippen LogP contribution in [0.3, 0.4) is 0 Å². The van der Waals surface area contributed by atoms with E-state index in [0.29, 0.717) is 29.2 Å². The Kier molecular flexibility index (Phi) is 7.61. The Morgan fingerprint density at radius 1 is 0.897 bits per heavy atom. The van der Waals surface area contributed by atoms with Crippen molar-refractivity contribution in [3.05, 3.63) is 48.0 Å². The van der Waals surface area contributed by atoms with Crippen molar-refractivity contribution in [3.8, 4) is 34.5 Å². The Balaban J connectivity index is 2.36. The number of methoxy groups -OCH3 is 4. The van der Waals surface area contributed by atoms with Gasteiger partial charge < -0.3 is 33.9 Å². The van der Waals surface area contributed by atoms with E-state index >= 15 is 0 Å². The monoisotopic (exact) mass is 404 g/mol. The van der Waals surface area contributed by atoms with E-state index in [2.05, 4.69) is 6.58 Å². The van der Waals surface area contributed by atoms with Gasteiger partial charge in [0.1, 0.15) is 12.2 Å². The van der Waals surface area contributed by atoms with Gasteiger partial charge in [0, 0.05) is 0 Å². The Bertz CT molecular complexity index is 797. The standard InChI is InChI=1S/C22H28O7/c1-7-8-14-9-18(27-5)22(19(10-14)28-6)29-13(2)20(23)15-11-16(25-3)21(24)17(12-15)26-4/h7,9-13,20,23-24H,1,8H2,2-6H3/t13-,20+/m0/s1. The maximum Gasteiger partial charge on any atom is 0.203 e. The quantitative estimate of drug-likeness (QED) is 0.585. The summed E-state index contributed by atoms with van der Waals surface area (Å²) < 4.78 is 27.2. The number of benzene rings is 2. The maximum atomic E-state index is 10.8. The molecule has 0 saturated heterocycles. The van der Waals surface area contributed by atoms with E-state index in [1.54, 1.807) is 13.0 Å².